The zero-order valence-corrected chi connectivity index (χ0v) is 10.3. The summed E-state index contributed by atoms with van der Waals surface area (Å²) < 4.78 is 23.9. The zero-order valence-electron chi connectivity index (χ0n) is 9.51. The molecule has 0 aromatic carbocycles. The average molecular weight is 244 g/mol. The van der Waals surface area contributed by atoms with Gasteiger partial charge in [0.2, 0.25) is 0 Å². The van der Waals surface area contributed by atoms with Crippen LogP contribution < -0.4 is 0 Å². The van der Waals surface area contributed by atoms with Crippen LogP contribution in [0, 0.1) is 0 Å². The molecule has 0 atom stereocenters. The lowest BCUT2D eigenvalue weighted by molar-refractivity contribution is 0.0976. The van der Waals surface area contributed by atoms with Gasteiger partial charge in [-0.1, -0.05) is 6.92 Å². The van der Waals surface area contributed by atoms with Gasteiger partial charge in [0, 0.05) is 25.4 Å². The van der Waals surface area contributed by atoms with Crippen LogP contribution in [0.15, 0.2) is 12.3 Å². The number of hydrogen-bond acceptors (Lipinski definition) is 4. The van der Waals surface area contributed by atoms with Gasteiger partial charge in [-0.3, -0.25) is 9.48 Å². The molecule has 5 nitrogen and oxygen atoms in total. The summed E-state index contributed by atoms with van der Waals surface area (Å²) >= 11 is 0. The van der Waals surface area contributed by atoms with E-state index in [9.17, 15) is 13.2 Å². The van der Waals surface area contributed by atoms with Crippen LogP contribution in [0.1, 0.15) is 30.3 Å². The Kier molecular flexibility index (Phi) is 4.23. The van der Waals surface area contributed by atoms with Gasteiger partial charge in [-0.15, -0.1) is 0 Å². The first-order valence-corrected chi connectivity index (χ1v) is 7.00. The molecule has 0 aliphatic carbocycles. The molecule has 0 spiro atoms. The second-order valence-electron chi connectivity index (χ2n) is 3.64. The highest BCUT2D eigenvalue weighted by Crippen LogP contribution is 2.04. The summed E-state index contributed by atoms with van der Waals surface area (Å²) in [6, 6.07) is 1.64. The number of ketones is 1. The van der Waals surface area contributed by atoms with Crippen molar-refractivity contribution in [2.45, 2.75) is 19.8 Å². The molecule has 0 N–H and O–H groups in total. The zero-order chi connectivity index (χ0) is 12.2. The van der Waals surface area contributed by atoms with E-state index in [1.165, 1.54) is 0 Å². The number of carbonyl (C=O) groups is 1. The molecule has 1 heterocycles. The van der Waals surface area contributed by atoms with Crippen molar-refractivity contribution < 1.29 is 13.2 Å². The molecule has 0 aliphatic rings. The van der Waals surface area contributed by atoms with E-state index < -0.39 is 9.84 Å². The summed E-state index contributed by atoms with van der Waals surface area (Å²) in [5.74, 6) is 0.0965. The first kappa shape index (κ1) is 12.9. The van der Waals surface area contributed by atoms with Crippen molar-refractivity contribution in [3.05, 3.63) is 18.0 Å². The van der Waals surface area contributed by atoms with Gasteiger partial charge in [0.05, 0.1) is 5.75 Å². The molecular weight excluding hydrogens is 228 g/mol. The van der Waals surface area contributed by atoms with Gasteiger partial charge in [-0.2, -0.15) is 5.10 Å². The lowest BCUT2D eigenvalue weighted by Gasteiger charge is -1.99. The normalized spacial score (nSPS) is 11.6. The quantitative estimate of drug-likeness (QED) is 0.695. The molecule has 0 bridgehead atoms. The fourth-order valence-corrected chi connectivity index (χ4v) is 2.16. The van der Waals surface area contributed by atoms with Gasteiger partial charge < -0.3 is 0 Å². The van der Waals surface area contributed by atoms with Crippen LogP contribution in [-0.4, -0.2) is 35.5 Å². The minimum Gasteiger partial charge on any atom is -0.292 e. The summed E-state index contributed by atoms with van der Waals surface area (Å²) in [5, 5.41) is 3.96. The Labute approximate surface area is 95.4 Å². The van der Waals surface area contributed by atoms with Gasteiger partial charge in [0.25, 0.3) is 0 Å². The summed E-state index contributed by atoms with van der Waals surface area (Å²) in [4.78, 5) is 11.6. The third kappa shape index (κ3) is 3.77. The Balaban J connectivity index is 2.43. The van der Waals surface area contributed by atoms with Gasteiger partial charge in [-0.05, 0) is 12.5 Å². The highest BCUT2D eigenvalue weighted by Gasteiger charge is 2.12. The average Bonchev–Trinajstić information content (AvgIpc) is 2.64. The van der Waals surface area contributed by atoms with Crippen molar-refractivity contribution in [3.8, 4) is 0 Å². The molecule has 0 unspecified atom stereocenters. The summed E-state index contributed by atoms with van der Waals surface area (Å²) in [5.41, 5.74) is 0.399. The third-order valence-corrected chi connectivity index (χ3v) is 4.09. The van der Waals surface area contributed by atoms with E-state index >= 15 is 0 Å². The number of sulfone groups is 1. The topological polar surface area (TPSA) is 69.0 Å². The molecule has 16 heavy (non-hydrogen) atoms. The number of Topliss-reactive ketones (excluding diaryl/α,β-unsaturated/α-hetero) is 1. The minimum atomic E-state index is -2.97. The first-order valence-electron chi connectivity index (χ1n) is 5.18. The lowest BCUT2D eigenvalue weighted by Crippen LogP contribution is -2.10. The van der Waals surface area contributed by atoms with Crippen LogP contribution in [0.4, 0.5) is 0 Å². The SMILES string of the molecule is CCS(=O)(=O)CCCC(=O)c1ccn(C)n1. The maximum absolute atomic E-state index is 11.6. The standard InChI is InChI=1S/C10H16N2O3S/c1-3-16(14,15)8-4-5-10(13)9-6-7-12(2)11-9/h6-7H,3-5,8H2,1-2H3. The lowest BCUT2D eigenvalue weighted by atomic mass is 10.2. The largest absolute Gasteiger partial charge is 0.292 e. The Hall–Kier alpha value is -1.17. The molecule has 0 amide bonds. The third-order valence-electron chi connectivity index (χ3n) is 2.30. The Morgan fingerprint density at radius 2 is 2.19 bits per heavy atom. The van der Waals surface area contributed by atoms with Crippen molar-refractivity contribution in [1.82, 2.24) is 9.78 Å². The minimum absolute atomic E-state index is 0.0715. The predicted octanol–water partition coefficient (Wildman–Crippen LogP) is 0.818. The predicted molar refractivity (Wildman–Crippen MR) is 61.1 cm³/mol. The second-order valence-corrected chi connectivity index (χ2v) is 6.11. The molecule has 0 saturated carbocycles. The molecule has 0 radical (unpaired) electrons. The smallest absolute Gasteiger partial charge is 0.183 e. The van der Waals surface area contributed by atoms with E-state index in [0.717, 1.165) is 0 Å². The number of rotatable bonds is 6. The number of carbonyl (C=O) groups excluding carboxylic acids is 1. The Morgan fingerprint density at radius 3 is 2.69 bits per heavy atom. The summed E-state index contributed by atoms with van der Waals surface area (Å²) in [6.07, 6.45) is 2.29. The van der Waals surface area contributed by atoms with Crippen LogP contribution in [0.3, 0.4) is 0 Å². The molecule has 0 fully saturated rings. The van der Waals surface area contributed by atoms with Crippen LogP contribution >= 0.6 is 0 Å². The van der Waals surface area contributed by atoms with Crippen molar-refractivity contribution in [1.29, 1.82) is 0 Å². The first-order chi connectivity index (χ1) is 7.44. The van der Waals surface area contributed by atoms with Gasteiger partial charge in [-0.25, -0.2) is 8.42 Å². The fourth-order valence-electron chi connectivity index (χ4n) is 1.29. The molecule has 6 heteroatoms. The highest BCUT2D eigenvalue weighted by molar-refractivity contribution is 7.91. The van der Waals surface area contributed by atoms with Gasteiger partial charge >= 0.3 is 0 Å². The number of hydrogen-bond donors (Lipinski definition) is 0. The van der Waals surface area contributed by atoms with Crippen LogP contribution in [-0.2, 0) is 16.9 Å². The Morgan fingerprint density at radius 1 is 1.50 bits per heavy atom. The van der Waals surface area contributed by atoms with Crippen LogP contribution in [0.25, 0.3) is 0 Å². The van der Waals surface area contributed by atoms with E-state index in [1.807, 2.05) is 0 Å². The second kappa shape index (κ2) is 5.25. The van der Waals surface area contributed by atoms with E-state index in [-0.39, 0.29) is 23.7 Å². The number of aromatic nitrogens is 2. The van der Waals surface area contributed by atoms with Crippen molar-refractivity contribution in [3.63, 3.8) is 0 Å². The molecular formula is C10H16N2O3S. The van der Waals surface area contributed by atoms with E-state index in [2.05, 4.69) is 5.10 Å². The number of aryl methyl sites for hydroxylation is 1. The van der Waals surface area contributed by atoms with Gasteiger partial charge in [0.15, 0.2) is 5.78 Å². The van der Waals surface area contributed by atoms with Crippen LogP contribution in [0.2, 0.25) is 0 Å². The molecule has 1 aromatic rings. The maximum Gasteiger partial charge on any atom is 0.183 e. The number of nitrogens with zero attached hydrogens (tertiary/aromatic N) is 2. The molecule has 1 aromatic heterocycles. The summed E-state index contributed by atoms with van der Waals surface area (Å²) in [7, 11) is -1.24. The van der Waals surface area contributed by atoms with E-state index in [1.54, 1.807) is 30.9 Å². The van der Waals surface area contributed by atoms with Crippen molar-refractivity contribution in [2.75, 3.05) is 11.5 Å². The maximum atomic E-state index is 11.6. The van der Waals surface area contributed by atoms with E-state index in [4.69, 9.17) is 0 Å². The van der Waals surface area contributed by atoms with Crippen molar-refractivity contribution >= 4 is 15.6 Å². The van der Waals surface area contributed by atoms with Crippen LogP contribution in [0.5, 0.6) is 0 Å². The van der Waals surface area contributed by atoms with E-state index in [0.29, 0.717) is 12.1 Å². The summed E-state index contributed by atoms with van der Waals surface area (Å²) in [6.45, 7) is 1.61. The van der Waals surface area contributed by atoms with Crippen molar-refractivity contribution in [2.24, 2.45) is 7.05 Å². The highest BCUT2D eigenvalue weighted by atomic mass is 32.2. The monoisotopic (exact) mass is 244 g/mol. The molecule has 90 valence electrons. The Bertz CT molecular complexity index is 462. The van der Waals surface area contributed by atoms with Gasteiger partial charge in [0.1, 0.15) is 15.5 Å². The fraction of sp³-hybridized carbons (Fsp3) is 0.600. The molecule has 0 aliphatic heterocycles. The molecule has 0 saturated heterocycles. The molecule has 1 rings (SSSR count).